The summed E-state index contributed by atoms with van der Waals surface area (Å²) in [5.41, 5.74) is -0.211. The molecule has 0 amide bonds. The Morgan fingerprint density at radius 3 is 2.65 bits per heavy atom. The molecule has 1 N–H and O–H groups in total. The Bertz CT molecular complexity index is 630. The van der Waals surface area contributed by atoms with Gasteiger partial charge in [0.1, 0.15) is 11.4 Å². The lowest BCUT2D eigenvalue weighted by Gasteiger charge is -2.04. The van der Waals surface area contributed by atoms with Crippen molar-refractivity contribution < 1.29 is 14.3 Å². The second kappa shape index (κ2) is 4.29. The number of esters is 1. The van der Waals surface area contributed by atoms with Crippen LogP contribution in [0.1, 0.15) is 10.5 Å². The van der Waals surface area contributed by atoms with Gasteiger partial charge in [-0.25, -0.2) is 4.79 Å². The van der Waals surface area contributed by atoms with E-state index in [1.165, 1.54) is 14.2 Å². The van der Waals surface area contributed by atoms with Crippen LogP contribution in [0.25, 0.3) is 10.8 Å². The average molecular weight is 233 g/mol. The molecule has 5 nitrogen and oxygen atoms in total. The molecule has 5 heteroatoms. The van der Waals surface area contributed by atoms with Crippen LogP contribution in [0.5, 0.6) is 5.75 Å². The summed E-state index contributed by atoms with van der Waals surface area (Å²) in [6.45, 7) is 0. The van der Waals surface area contributed by atoms with Crippen molar-refractivity contribution in [3.63, 3.8) is 0 Å². The van der Waals surface area contributed by atoms with Gasteiger partial charge in [-0.15, -0.1) is 0 Å². The fraction of sp³-hybridized carbons (Fsp3) is 0.167. The monoisotopic (exact) mass is 233 g/mol. The van der Waals surface area contributed by atoms with Gasteiger partial charge >= 0.3 is 5.97 Å². The molecule has 0 saturated carbocycles. The highest BCUT2D eigenvalue weighted by Gasteiger charge is 2.09. The molecule has 0 aliphatic heterocycles. The van der Waals surface area contributed by atoms with E-state index in [1.54, 1.807) is 24.3 Å². The minimum atomic E-state index is -0.570. The smallest absolute Gasteiger partial charge is 0.354 e. The lowest BCUT2D eigenvalue weighted by atomic mass is 10.1. The van der Waals surface area contributed by atoms with Crippen molar-refractivity contribution in [2.24, 2.45) is 0 Å². The van der Waals surface area contributed by atoms with E-state index in [1.807, 2.05) is 0 Å². The van der Waals surface area contributed by atoms with Gasteiger partial charge in [0.2, 0.25) is 0 Å². The van der Waals surface area contributed by atoms with Crippen molar-refractivity contribution in [1.82, 2.24) is 4.98 Å². The summed E-state index contributed by atoms with van der Waals surface area (Å²) < 4.78 is 9.58. The van der Waals surface area contributed by atoms with Crippen molar-refractivity contribution in [3.8, 4) is 5.75 Å². The van der Waals surface area contributed by atoms with Gasteiger partial charge < -0.3 is 14.5 Å². The minimum Gasteiger partial charge on any atom is -0.497 e. The summed E-state index contributed by atoms with van der Waals surface area (Å²) >= 11 is 0. The number of aromatic amines is 1. The zero-order valence-electron chi connectivity index (χ0n) is 9.44. The number of rotatable bonds is 2. The fourth-order valence-corrected chi connectivity index (χ4v) is 1.59. The molecule has 0 aliphatic rings. The number of ether oxygens (including phenoxy) is 2. The molecule has 0 spiro atoms. The van der Waals surface area contributed by atoms with E-state index >= 15 is 0 Å². The average Bonchev–Trinajstić information content (AvgIpc) is 2.37. The van der Waals surface area contributed by atoms with E-state index in [2.05, 4.69) is 9.72 Å². The van der Waals surface area contributed by atoms with E-state index in [4.69, 9.17) is 4.74 Å². The Balaban J connectivity index is 2.68. The first kappa shape index (κ1) is 11.2. The summed E-state index contributed by atoms with van der Waals surface area (Å²) in [5.74, 6) is 0.0219. The molecule has 1 aromatic heterocycles. The number of carbonyl (C=O) groups excluding carboxylic acids is 1. The van der Waals surface area contributed by atoms with Crippen molar-refractivity contribution in [3.05, 3.63) is 40.3 Å². The minimum absolute atomic E-state index is 0.134. The summed E-state index contributed by atoms with van der Waals surface area (Å²) in [5, 5.41) is 1.13. The lowest BCUT2D eigenvalue weighted by Crippen LogP contribution is -2.14. The van der Waals surface area contributed by atoms with Gasteiger partial charge in [-0.1, -0.05) is 6.07 Å². The number of hydrogen-bond acceptors (Lipinski definition) is 4. The summed E-state index contributed by atoms with van der Waals surface area (Å²) in [7, 11) is 2.79. The van der Waals surface area contributed by atoms with E-state index in [0.717, 1.165) is 0 Å². The van der Waals surface area contributed by atoms with Crippen LogP contribution in [0.4, 0.5) is 0 Å². The van der Waals surface area contributed by atoms with Crippen LogP contribution in [-0.2, 0) is 4.74 Å². The topological polar surface area (TPSA) is 68.4 Å². The maximum absolute atomic E-state index is 11.8. The maximum Gasteiger partial charge on any atom is 0.354 e. The number of H-pyrrole nitrogens is 1. The molecule has 0 unspecified atom stereocenters. The second-order valence-corrected chi connectivity index (χ2v) is 3.46. The van der Waals surface area contributed by atoms with Crippen LogP contribution in [0.2, 0.25) is 0 Å². The van der Waals surface area contributed by atoms with Crippen LogP contribution in [0.15, 0.2) is 29.1 Å². The van der Waals surface area contributed by atoms with Crippen molar-refractivity contribution >= 4 is 16.7 Å². The molecule has 0 aliphatic carbocycles. The second-order valence-electron chi connectivity index (χ2n) is 3.46. The molecule has 1 heterocycles. The maximum atomic E-state index is 11.8. The number of fused-ring (bicyclic) bond motifs is 1. The van der Waals surface area contributed by atoms with Crippen LogP contribution in [0, 0.1) is 0 Å². The Kier molecular flexibility index (Phi) is 2.82. The molecule has 1 aromatic carbocycles. The van der Waals surface area contributed by atoms with Gasteiger partial charge in [0.15, 0.2) is 0 Å². The number of nitrogens with one attached hydrogen (secondary N) is 1. The van der Waals surface area contributed by atoms with Gasteiger partial charge in [0.05, 0.1) is 19.6 Å². The molecule has 17 heavy (non-hydrogen) atoms. The van der Waals surface area contributed by atoms with Gasteiger partial charge in [0, 0.05) is 0 Å². The zero-order chi connectivity index (χ0) is 12.4. The van der Waals surface area contributed by atoms with Gasteiger partial charge in [-0.05, 0) is 23.6 Å². The fourth-order valence-electron chi connectivity index (χ4n) is 1.59. The molecule has 0 fully saturated rings. The van der Waals surface area contributed by atoms with Crippen molar-refractivity contribution in [2.45, 2.75) is 0 Å². The number of hydrogen-bond donors (Lipinski definition) is 1. The predicted molar refractivity (Wildman–Crippen MR) is 62.5 cm³/mol. The Morgan fingerprint density at radius 1 is 1.24 bits per heavy atom. The first-order valence-electron chi connectivity index (χ1n) is 4.95. The highest BCUT2D eigenvalue weighted by atomic mass is 16.5. The highest BCUT2D eigenvalue weighted by Crippen LogP contribution is 2.18. The summed E-state index contributed by atoms with van der Waals surface area (Å²) in [4.78, 5) is 25.6. The Labute approximate surface area is 97.0 Å². The summed E-state index contributed by atoms with van der Waals surface area (Å²) in [6.07, 6.45) is 0. The quantitative estimate of drug-likeness (QED) is 0.794. The van der Waals surface area contributed by atoms with Gasteiger partial charge in [-0.2, -0.15) is 0 Å². The van der Waals surface area contributed by atoms with E-state index < -0.39 is 5.97 Å². The van der Waals surface area contributed by atoms with Crippen LogP contribution in [0.3, 0.4) is 0 Å². The third-order valence-electron chi connectivity index (χ3n) is 2.46. The number of methoxy groups -OCH3 is 2. The molecular weight excluding hydrogens is 222 g/mol. The molecular formula is C12H11NO4. The van der Waals surface area contributed by atoms with Crippen molar-refractivity contribution in [2.75, 3.05) is 14.2 Å². The van der Waals surface area contributed by atoms with E-state index in [0.29, 0.717) is 16.5 Å². The van der Waals surface area contributed by atoms with E-state index in [9.17, 15) is 9.59 Å². The lowest BCUT2D eigenvalue weighted by molar-refractivity contribution is 0.0594. The Morgan fingerprint density at radius 2 is 2.00 bits per heavy atom. The number of carbonyl (C=O) groups is 1. The molecule has 0 bridgehead atoms. The highest BCUT2D eigenvalue weighted by molar-refractivity contribution is 5.93. The third kappa shape index (κ3) is 1.99. The summed E-state index contributed by atoms with van der Waals surface area (Å²) in [6, 6.07) is 6.63. The predicted octanol–water partition coefficient (Wildman–Crippen LogP) is 1.32. The SMILES string of the molecule is COC(=O)c1cc2ccc(OC)cc2c(=O)[nH]1. The van der Waals surface area contributed by atoms with Gasteiger partial charge in [-0.3, -0.25) is 4.79 Å². The first-order chi connectivity index (χ1) is 8.15. The largest absolute Gasteiger partial charge is 0.497 e. The molecule has 2 aromatic rings. The molecule has 0 saturated heterocycles. The molecule has 0 atom stereocenters. The third-order valence-corrected chi connectivity index (χ3v) is 2.46. The van der Waals surface area contributed by atoms with Gasteiger partial charge in [0.25, 0.3) is 5.56 Å². The Hall–Kier alpha value is -2.30. The zero-order valence-corrected chi connectivity index (χ0v) is 9.44. The molecule has 2 rings (SSSR count). The first-order valence-corrected chi connectivity index (χ1v) is 4.95. The van der Waals surface area contributed by atoms with Crippen LogP contribution in [-0.4, -0.2) is 25.2 Å². The number of benzene rings is 1. The molecule has 88 valence electrons. The van der Waals surface area contributed by atoms with Crippen molar-refractivity contribution in [1.29, 1.82) is 0 Å². The van der Waals surface area contributed by atoms with Crippen LogP contribution < -0.4 is 10.3 Å². The normalized spacial score (nSPS) is 10.2. The van der Waals surface area contributed by atoms with Crippen LogP contribution >= 0.6 is 0 Å². The number of pyridine rings is 1. The number of aromatic nitrogens is 1. The molecule has 0 radical (unpaired) electrons. The standard InChI is InChI=1S/C12H11NO4/c1-16-8-4-3-7-5-10(12(15)17-2)13-11(14)9(7)6-8/h3-6H,1-2H3,(H,13,14). The van der Waals surface area contributed by atoms with E-state index in [-0.39, 0.29) is 11.3 Å².